The molecule has 0 aromatic rings. The maximum absolute atomic E-state index is 5.93. The molecule has 0 N–H and O–H groups in total. The molecule has 1 saturated heterocycles. The predicted molar refractivity (Wildman–Crippen MR) is 97.0 cm³/mol. The van der Waals surface area contributed by atoms with E-state index in [-0.39, 0.29) is 5.79 Å². The molecule has 1 aliphatic heterocycles. The number of halogens is 1. The Balaban J connectivity index is 1.64. The van der Waals surface area contributed by atoms with E-state index in [1.807, 2.05) is 0 Å². The predicted octanol–water partition coefficient (Wildman–Crippen LogP) is 5.72. The first kappa shape index (κ1) is 18.0. The van der Waals surface area contributed by atoms with Crippen LogP contribution in [0.2, 0.25) is 0 Å². The molecule has 0 aromatic carbocycles. The van der Waals surface area contributed by atoms with Crippen LogP contribution >= 0.6 is 22.6 Å². The highest BCUT2D eigenvalue weighted by molar-refractivity contribution is 14.1. The molecule has 2 aliphatic rings. The Morgan fingerprint density at radius 3 is 2.10 bits per heavy atom. The molecule has 3 heteroatoms. The third kappa shape index (κ3) is 5.98. The second-order valence-corrected chi connectivity index (χ2v) is 8.05. The van der Waals surface area contributed by atoms with E-state index in [0.717, 1.165) is 42.3 Å². The van der Waals surface area contributed by atoms with E-state index < -0.39 is 0 Å². The standard InChI is InChI=1S/C18H33IO2/c1-2-3-4-5-16-6-8-17(9-7-16)10-11-18(12-13-19)20-14-15-21-18/h16-17H,2-15H2,1H3/t16-,17-. The van der Waals surface area contributed by atoms with Crippen molar-refractivity contribution >= 4 is 22.6 Å². The summed E-state index contributed by atoms with van der Waals surface area (Å²) < 4.78 is 13.0. The molecule has 0 bridgehead atoms. The van der Waals surface area contributed by atoms with Crippen LogP contribution in [0, 0.1) is 11.8 Å². The van der Waals surface area contributed by atoms with Crippen LogP contribution in [-0.2, 0) is 9.47 Å². The number of unbranched alkanes of at least 4 members (excludes halogenated alkanes) is 2. The molecular formula is C18H33IO2. The van der Waals surface area contributed by atoms with Gasteiger partial charge in [-0.15, -0.1) is 0 Å². The van der Waals surface area contributed by atoms with Crippen LogP contribution in [0.15, 0.2) is 0 Å². The van der Waals surface area contributed by atoms with Crippen molar-refractivity contribution in [1.29, 1.82) is 0 Å². The Bertz CT molecular complexity index is 268. The zero-order valence-corrected chi connectivity index (χ0v) is 15.9. The lowest BCUT2D eigenvalue weighted by molar-refractivity contribution is -0.165. The van der Waals surface area contributed by atoms with Gasteiger partial charge in [0.1, 0.15) is 0 Å². The molecule has 0 unspecified atom stereocenters. The van der Waals surface area contributed by atoms with Gasteiger partial charge in [-0.25, -0.2) is 0 Å². The molecule has 2 fully saturated rings. The summed E-state index contributed by atoms with van der Waals surface area (Å²) in [5.74, 6) is 1.72. The minimum atomic E-state index is -0.223. The van der Waals surface area contributed by atoms with E-state index in [9.17, 15) is 0 Å². The fraction of sp³-hybridized carbons (Fsp3) is 1.00. The van der Waals surface area contributed by atoms with Crippen molar-refractivity contribution in [1.82, 2.24) is 0 Å². The summed E-state index contributed by atoms with van der Waals surface area (Å²) in [6.07, 6.45) is 15.0. The first-order chi connectivity index (χ1) is 10.3. The fourth-order valence-corrected chi connectivity index (χ4v) is 4.79. The molecule has 2 nitrogen and oxygen atoms in total. The third-order valence-electron chi connectivity index (χ3n) is 5.40. The van der Waals surface area contributed by atoms with Gasteiger partial charge in [0.2, 0.25) is 0 Å². The molecular weight excluding hydrogens is 375 g/mol. The van der Waals surface area contributed by atoms with E-state index in [2.05, 4.69) is 29.5 Å². The van der Waals surface area contributed by atoms with Crippen LogP contribution < -0.4 is 0 Å². The summed E-state index contributed by atoms with van der Waals surface area (Å²) in [4.78, 5) is 0. The summed E-state index contributed by atoms with van der Waals surface area (Å²) in [6, 6.07) is 0. The largest absolute Gasteiger partial charge is 0.348 e. The summed E-state index contributed by atoms with van der Waals surface area (Å²) in [5.41, 5.74) is 0. The highest BCUT2D eigenvalue weighted by atomic mass is 127. The van der Waals surface area contributed by atoms with Gasteiger partial charge in [-0.2, -0.15) is 0 Å². The molecule has 1 aliphatic carbocycles. The Hall–Kier alpha value is 0.650. The third-order valence-corrected chi connectivity index (χ3v) is 5.94. The van der Waals surface area contributed by atoms with E-state index in [4.69, 9.17) is 9.47 Å². The number of alkyl halides is 1. The second kappa shape index (κ2) is 9.71. The van der Waals surface area contributed by atoms with Crippen LogP contribution in [-0.4, -0.2) is 23.4 Å². The molecule has 0 atom stereocenters. The van der Waals surface area contributed by atoms with Crippen molar-refractivity contribution < 1.29 is 9.47 Å². The molecule has 0 amide bonds. The maximum Gasteiger partial charge on any atom is 0.169 e. The topological polar surface area (TPSA) is 18.5 Å². The Morgan fingerprint density at radius 1 is 0.905 bits per heavy atom. The van der Waals surface area contributed by atoms with E-state index in [1.165, 1.54) is 57.8 Å². The van der Waals surface area contributed by atoms with Crippen molar-refractivity contribution in [2.45, 2.75) is 83.3 Å². The van der Waals surface area contributed by atoms with Crippen LogP contribution in [0.5, 0.6) is 0 Å². The first-order valence-electron chi connectivity index (χ1n) is 9.12. The van der Waals surface area contributed by atoms with Gasteiger partial charge in [0.15, 0.2) is 5.79 Å². The average molecular weight is 408 g/mol. The second-order valence-electron chi connectivity index (χ2n) is 6.97. The lowest BCUT2D eigenvalue weighted by atomic mass is 9.77. The molecule has 0 aromatic heterocycles. The smallest absolute Gasteiger partial charge is 0.169 e. The maximum atomic E-state index is 5.93. The minimum Gasteiger partial charge on any atom is -0.348 e. The lowest BCUT2D eigenvalue weighted by Crippen LogP contribution is -2.31. The molecule has 1 heterocycles. The zero-order chi connectivity index (χ0) is 15.0. The van der Waals surface area contributed by atoms with Gasteiger partial charge in [-0.3, -0.25) is 0 Å². The summed E-state index contributed by atoms with van der Waals surface area (Å²) >= 11 is 2.44. The quantitative estimate of drug-likeness (QED) is 0.276. The van der Waals surface area contributed by atoms with Crippen LogP contribution in [0.4, 0.5) is 0 Å². The van der Waals surface area contributed by atoms with Gasteiger partial charge in [0, 0.05) is 17.3 Å². The molecule has 2 rings (SSSR count). The summed E-state index contributed by atoms with van der Waals surface area (Å²) in [7, 11) is 0. The molecule has 124 valence electrons. The monoisotopic (exact) mass is 408 g/mol. The van der Waals surface area contributed by atoms with Crippen molar-refractivity contribution in [2.24, 2.45) is 11.8 Å². The number of hydrogen-bond acceptors (Lipinski definition) is 2. The SMILES string of the molecule is CCCCC[C@H]1CC[C@H](CCC2(CCI)OCCO2)CC1. The summed E-state index contributed by atoms with van der Waals surface area (Å²) in [6.45, 7) is 3.89. The van der Waals surface area contributed by atoms with E-state index >= 15 is 0 Å². The van der Waals surface area contributed by atoms with Crippen molar-refractivity contribution in [3.05, 3.63) is 0 Å². The van der Waals surface area contributed by atoms with Crippen molar-refractivity contribution in [3.8, 4) is 0 Å². The Kier molecular flexibility index (Phi) is 8.32. The van der Waals surface area contributed by atoms with Crippen molar-refractivity contribution in [3.63, 3.8) is 0 Å². The Morgan fingerprint density at radius 2 is 1.52 bits per heavy atom. The minimum absolute atomic E-state index is 0.223. The van der Waals surface area contributed by atoms with Crippen LogP contribution in [0.1, 0.15) is 77.6 Å². The van der Waals surface area contributed by atoms with Gasteiger partial charge in [0.25, 0.3) is 0 Å². The van der Waals surface area contributed by atoms with Crippen LogP contribution in [0.3, 0.4) is 0 Å². The zero-order valence-electron chi connectivity index (χ0n) is 13.7. The van der Waals surface area contributed by atoms with Gasteiger partial charge < -0.3 is 9.47 Å². The van der Waals surface area contributed by atoms with Gasteiger partial charge in [-0.05, 0) is 18.3 Å². The van der Waals surface area contributed by atoms with Gasteiger partial charge in [-0.1, -0.05) is 80.9 Å². The highest BCUT2D eigenvalue weighted by Gasteiger charge is 2.36. The van der Waals surface area contributed by atoms with E-state index in [0.29, 0.717) is 0 Å². The van der Waals surface area contributed by atoms with Crippen molar-refractivity contribution in [2.75, 3.05) is 17.6 Å². The van der Waals surface area contributed by atoms with Crippen LogP contribution in [0.25, 0.3) is 0 Å². The number of ether oxygens (including phenoxy) is 2. The normalized spacial score (nSPS) is 28.9. The highest BCUT2D eigenvalue weighted by Crippen LogP contribution is 2.37. The van der Waals surface area contributed by atoms with Gasteiger partial charge in [0.05, 0.1) is 13.2 Å². The average Bonchev–Trinajstić information content (AvgIpc) is 2.96. The first-order valence-corrected chi connectivity index (χ1v) is 10.6. The lowest BCUT2D eigenvalue weighted by Gasteiger charge is -2.32. The fourth-order valence-electron chi connectivity index (χ4n) is 3.97. The number of hydrogen-bond donors (Lipinski definition) is 0. The Labute approximate surface area is 144 Å². The van der Waals surface area contributed by atoms with Gasteiger partial charge >= 0.3 is 0 Å². The molecule has 0 radical (unpaired) electrons. The van der Waals surface area contributed by atoms with E-state index in [1.54, 1.807) is 0 Å². The number of rotatable bonds is 9. The molecule has 1 saturated carbocycles. The molecule has 0 spiro atoms. The summed E-state index contributed by atoms with van der Waals surface area (Å²) in [5, 5.41) is 0. The molecule has 21 heavy (non-hydrogen) atoms.